The molecule has 0 spiro atoms. The zero-order valence-electron chi connectivity index (χ0n) is 18.5. The predicted octanol–water partition coefficient (Wildman–Crippen LogP) is 3.80. The van der Waals surface area contributed by atoms with Crippen molar-refractivity contribution in [2.24, 2.45) is 0 Å². The number of nitrogens with one attached hydrogen (secondary N) is 1. The second kappa shape index (κ2) is 8.34. The number of hydrogen-bond acceptors (Lipinski definition) is 5. The van der Waals surface area contributed by atoms with Crippen LogP contribution in [0.25, 0.3) is 0 Å². The van der Waals surface area contributed by atoms with E-state index < -0.39 is 23.9 Å². The van der Waals surface area contributed by atoms with Gasteiger partial charge in [-0.25, -0.2) is 4.79 Å². The molecule has 0 radical (unpaired) electrons. The SMILES string of the molecule is Cc1cc(C)c(NC(=O)[C@@H](C)OC(=O)c2ccc3c(c2)C(=O)N(C(C)C)C3=O)c(C)c1. The first-order valence-electron chi connectivity index (χ1n) is 10.1. The van der Waals surface area contributed by atoms with E-state index in [0.717, 1.165) is 21.6 Å². The molecule has 1 aliphatic heterocycles. The maximum atomic E-state index is 12.6. The average molecular weight is 422 g/mol. The minimum Gasteiger partial charge on any atom is -0.449 e. The van der Waals surface area contributed by atoms with Gasteiger partial charge >= 0.3 is 5.97 Å². The van der Waals surface area contributed by atoms with Gasteiger partial charge in [-0.3, -0.25) is 19.3 Å². The minimum atomic E-state index is -1.05. The first kappa shape index (κ1) is 22.2. The van der Waals surface area contributed by atoms with E-state index in [1.807, 2.05) is 32.9 Å². The standard InChI is InChI=1S/C24H26N2O5/c1-12(2)26-22(28)18-8-7-17(11-19(18)23(26)29)24(30)31-16(6)21(27)25-20-14(4)9-13(3)10-15(20)5/h7-12,16H,1-6H3,(H,25,27)/t16-/m1/s1. The number of hydrogen-bond donors (Lipinski definition) is 1. The summed E-state index contributed by atoms with van der Waals surface area (Å²) in [5.41, 5.74) is 4.14. The molecule has 162 valence electrons. The first-order chi connectivity index (χ1) is 14.5. The van der Waals surface area contributed by atoms with Crippen molar-refractivity contribution in [3.8, 4) is 0 Å². The van der Waals surface area contributed by atoms with Gasteiger partial charge in [0, 0.05) is 11.7 Å². The van der Waals surface area contributed by atoms with Crippen LogP contribution in [0.5, 0.6) is 0 Å². The van der Waals surface area contributed by atoms with Gasteiger partial charge in [0.2, 0.25) is 0 Å². The third-order valence-corrected chi connectivity index (χ3v) is 5.25. The molecule has 1 aliphatic rings. The Hall–Kier alpha value is -3.48. The summed E-state index contributed by atoms with van der Waals surface area (Å²) in [5, 5.41) is 2.81. The van der Waals surface area contributed by atoms with Crippen LogP contribution in [0, 0.1) is 20.8 Å². The van der Waals surface area contributed by atoms with Gasteiger partial charge in [-0.15, -0.1) is 0 Å². The van der Waals surface area contributed by atoms with Crippen LogP contribution in [0.15, 0.2) is 30.3 Å². The molecule has 3 rings (SSSR count). The third-order valence-electron chi connectivity index (χ3n) is 5.25. The van der Waals surface area contributed by atoms with Crippen LogP contribution in [0.4, 0.5) is 5.69 Å². The Morgan fingerprint density at radius 2 is 1.48 bits per heavy atom. The van der Waals surface area contributed by atoms with Gasteiger partial charge in [-0.2, -0.15) is 0 Å². The molecule has 1 heterocycles. The van der Waals surface area contributed by atoms with Crippen LogP contribution >= 0.6 is 0 Å². The van der Waals surface area contributed by atoms with Crippen molar-refractivity contribution >= 4 is 29.4 Å². The third kappa shape index (κ3) is 4.21. The molecular weight excluding hydrogens is 396 g/mol. The molecule has 1 atom stereocenters. The molecule has 0 unspecified atom stereocenters. The number of aryl methyl sites for hydroxylation is 3. The lowest BCUT2D eigenvalue weighted by atomic mass is 10.0. The van der Waals surface area contributed by atoms with Gasteiger partial charge in [0.25, 0.3) is 17.7 Å². The Kier molecular flexibility index (Phi) is 5.97. The number of fused-ring (bicyclic) bond motifs is 1. The summed E-state index contributed by atoms with van der Waals surface area (Å²) in [6.07, 6.45) is -1.05. The summed E-state index contributed by atoms with van der Waals surface area (Å²) in [4.78, 5) is 51.2. The zero-order valence-corrected chi connectivity index (χ0v) is 18.5. The summed E-state index contributed by atoms with van der Waals surface area (Å²) < 4.78 is 5.31. The smallest absolute Gasteiger partial charge is 0.338 e. The number of esters is 1. The van der Waals surface area contributed by atoms with Gasteiger partial charge in [0.15, 0.2) is 6.10 Å². The van der Waals surface area contributed by atoms with Crippen LogP contribution in [0.3, 0.4) is 0 Å². The van der Waals surface area contributed by atoms with E-state index in [4.69, 9.17) is 4.74 Å². The maximum Gasteiger partial charge on any atom is 0.338 e. The van der Waals surface area contributed by atoms with E-state index in [-0.39, 0.29) is 28.6 Å². The lowest BCUT2D eigenvalue weighted by molar-refractivity contribution is -0.123. The number of anilines is 1. The Morgan fingerprint density at radius 1 is 0.903 bits per heavy atom. The first-order valence-corrected chi connectivity index (χ1v) is 10.1. The lowest BCUT2D eigenvalue weighted by Crippen LogP contribution is -2.35. The Labute approximate surface area is 181 Å². The highest BCUT2D eigenvalue weighted by atomic mass is 16.5. The summed E-state index contributed by atoms with van der Waals surface area (Å²) in [6.45, 7) is 10.7. The highest BCUT2D eigenvalue weighted by Crippen LogP contribution is 2.26. The summed E-state index contributed by atoms with van der Waals surface area (Å²) in [7, 11) is 0. The molecule has 3 amide bonds. The number of amides is 3. The molecule has 2 aromatic carbocycles. The minimum absolute atomic E-state index is 0.104. The molecule has 2 aromatic rings. The molecule has 0 fully saturated rings. The van der Waals surface area contributed by atoms with E-state index in [1.165, 1.54) is 25.1 Å². The maximum absolute atomic E-state index is 12.6. The highest BCUT2D eigenvalue weighted by molar-refractivity contribution is 6.22. The van der Waals surface area contributed by atoms with E-state index in [1.54, 1.807) is 13.8 Å². The number of rotatable bonds is 5. The zero-order chi connectivity index (χ0) is 23.0. The van der Waals surface area contributed by atoms with Crippen molar-refractivity contribution in [2.75, 3.05) is 5.32 Å². The van der Waals surface area contributed by atoms with Gasteiger partial charge in [0.05, 0.1) is 16.7 Å². The molecule has 0 aliphatic carbocycles. The molecule has 0 saturated heterocycles. The van der Waals surface area contributed by atoms with Gasteiger partial charge in [0.1, 0.15) is 0 Å². The Morgan fingerprint density at radius 3 is 2.06 bits per heavy atom. The van der Waals surface area contributed by atoms with E-state index in [2.05, 4.69) is 5.32 Å². The average Bonchev–Trinajstić information content (AvgIpc) is 2.94. The second-order valence-corrected chi connectivity index (χ2v) is 8.14. The number of nitrogens with zero attached hydrogens (tertiary/aromatic N) is 1. The number of ether oxygens (including phenoxy) is 1. The van der Waals surface area contributed by atoms with Crippen molar-refractivity contribution in [3.05, 3.63) is 63.7 Å². The fourth-order valence-electron chi connectivity index (χ4n) is 3.74. The van der Waals surface area contributed by atoms with Crippen LogP contribution < -0.4 is 5.32 Å². The molecule has 0 saturated carbocycles. The molecule has 7 nitrogen and oxygen atoms in total. The largest absolute Gasteiger partial charge is 0.449 e. The van der Waals surface area contributed by atoms with Crippen molar-refractivity contribution in [1.29, 1.82) is 0 Å². The quantitative estimate of drug-likeness (QED) is 0.584. The lowest BCUT2D eigenvalue weighted by Gasteiger charge is -2.17. The number of carbonyl (C=O) groups is 4. The molecule has 0 aromatic heterocycles. The number of benzene rings is 2. The molecule has 1 N–H and O–H groups in total. The summed E-state index contributed by atoms with van der Waals surface area (Å²) in [5.74, 6) is -2.03. The molecule has 31 heavy (non-hydrogen) atoms. The normalized spacial score (nSPS) is 14.0. The fraction of sp³-hybridized carbons (Fsp3) is 0.333. The van der Waals surface area contributed by atoms with E-state index in [9.17, 15) is 19.2 Å². The van der Waals surface area contributed by atoms with Crippen LogP contribution in [-0.4, -0.2) is 40.7 Å². The Balaban J connectivity index is 1.73. The van der Waals surface area contributed by atoms with Crippen molar-refractivity contribution in [2.45, 2.75) is 53.7 Å². The summed E-state index contributed by atoms with van der Waals surface area (Å²) in [6, 6.07) is 7.85. The van der Waals surface area contributed by atoms with Crippen LogP contribution in [0.2, 0.25) is 0 Å². The second-order valence-electron chi connectivity index (χ2n) is 8.14. The molecule has 7 heteroatoms. The fourth-order valence-corrected chi connectivity index (χ4v) is 3.74. The predicted molar refractivity (Wildman–Crippen MR) is 116 cm³/mol. The highest BCUT2D eigenvalue weighted by Gasteiger charge is 2.37. The number of carbonyl (C=O) groups excluding carboxylic acids is 4. The summed E-state index contributed by atoms with van der Waals surface area (Å²) >= 11 is 0. The van der Waals surface area contributed by atoms with Crippen LogP contribution in [0.1, 0.15) is 68.5 Å². The van der Waals surface area contributed by atoms with Crippen molar-refractivity contribution in [3.63, 3.8) is 0 Å². The van der Waals surface area contributed by atoms with Crippen molar-refractivity contribution in [1.82, 2.24) is 4.90 Å². The monoisotopic (exact) mass is 422 g/mol. The van der Waals surface area contributed by atoms with Gasteiger partial charge in [-0.05, 0) is 70.9 Å². The Bertz CT molecular complexity index is 1080. The van der Waals surface area contributed by atoms with Gasteiger partial charge < -0.3 is 10.1 Å². The van der Waals surface area contributed by atoms with E-state index in [0.29, 0.717) is 5.69 Å². The van der Waals surface area contributed by atoms with Crippen LogP contribution in [-0.2, 0) is 9.53 Å². The topological polar surface area (TPSA) is 92.8 Å². The molecule has 0 bridgehead atoms. The molecular formula is C24H26N2O5. The van der Waals surface area contributed by atoms with E-state index >= 15 is 0 Å². The van der Waals surface area contributed by atoms with Gasteiger partial charge in [-0.1, -0.05) is 17.7 Å². The van der Waals surface area contributed by atoms with Crippen molar-refractivity contribution < 1.29 is 23.9 Å². The number of imide groups is 1.